The van der Waals surface area contributed by atoms with Gasteiger partial charge in [0.1, 0.15) is 11.8 Å². The molecule has 1 atom stereocenters. The lowest BCUT2D eigenvalue weighted by Crippen LogP contribution is -2.49. The van der Waals surface area contributed by atoms with E-state index in [9.17, 15) is 9.59 Å². The third-order valence-electron chi connectivity index (χ3n) is 5.11. The lowest BCUT2D eigenvalue weighted by atomic mass is 10.1. The van der Waals surface area contributed by atoms with Gasteiger partial charge in [0.15, 0.2) is 6.61 Å². The zero-order valence-electron chi connectivity index (χ0n) is 18.7. The van der Waals surface area contributed by atoms with Gasteiger partial charge in [-0.25, -0.2) is 0 Å². The number of nitrogens with zero attached hydrogens (tertiary/aromatic N) is 1. The topological polar surface area (TPSA) is 58.6 Å². The Labute approximate surface area is 194 Å². The van der Waals surface area contributed by atoms with Crippen LogP contribution in [0.4, 0.5) is 0 Å². The van der Waals surface area contributed by atoms with E-state index in [0.717, 1.165) is 11.1 Å². The molecule has 2 aromatic rings. The molecule has 2 amide bonds. The molecule has 2 aromatic carbocycles. The van der Waals surface area contributed by atoms with Crippen LogP contribution in [0.15, 0.2) is 36.4 Å². The number of benzene rings is 2. The van der Waals surface area contributed by atoms with E-state index in [2.05, 4.69) is 5.32 Å². The molecule has 0 bridgehead atoms. The SMILES string of the molecule is Cc1cccc(OCC(=O)N(Cc2ccc(Cl)cc2Cl)[C@@H](C)C(=O)NCC(C)C)c1C. The largest absolute Gasteiger partial charge is 0.483 e. The molecule has 0 heterocycles. The zero-order valence-corrected chi connectivity index (χ0v) is 20.2. The summed E-state index contributed by atoms with van der Waals surface area (Å²) in [6, 6.07) is 10.1. The van der Waals surface area contributed by atoms with Crippen molar-refractivity contribution in [3.8, 4) is 5.75 Å². The average Bonchev–Trinajstić information content (AvgIpc) is 2.71. The van der Waals surface area contributed by atoms with Gasteiger partial charge in [0, 0.05) is 23.1 Å². The van der Waals surface area contributed by atoms with E-state index in [-0.39, 0.29) is 25.0 Å². The Hall–Kier alpha value is -2.24. The molecule has 0 aromatic heterocycles. The summed E-state index contributed by atoms with van der Waals surface area (Å²) in [6.07, 6.45) is 0. The molecule has 0 aliphatic heterocycles. The third kappa shape index (κ3) is 7.15. The monoisotopic (exact) mass is 464 g/mol. The Kier molecular flexibility index (Phi) is 9.20. The summed E-state index contributed by atoms with van der Waals surface area (Å²) in [5.74, 6) is 0.423. The van der Waals surface area contributed by atoms with E-state index in [0.29, 0.717) is 33.8 Å². The molecule has 168 valence electrons. The first kappa shape index (κ1) is 25.0. The van der Waals surface area contributed by atoms with Crippen LogP contribution >= 0.6 is 23.2 Å². The normalized spacial score (nSPS) is 11.9. The molecule has 0 fully saturated rings. The Morgan fingerprint density at radius 3 is 2.45 bits per heavy atom. The van der Waals surface area contributed by atoms with Gasteiger partial charge in [-0.05, 0) is 61.6 Å². The second kappa shape index (κ2) is 11.4. The predicted molar refractivity (Wildman–Crippen MR) is 126 cm³/mol. The number of amides is 2. The highest BCUT2D eigenvalue weighted by Gasteiger charge is 2.27. The van der Waals surface area contributed by atoms with Gasteiger partial charge in [0.25, 0.3) is 5.91 Å². The van der Waals surface area contributed by atoms with Gasteiger partial charge in [-0.3, -0.25) is 9.59 Å². The number of nitrogens with one attached hydrogen (secondary N) is 1. The summed E-state index contributed by atoms with van der Waals surface area (Å²) in [5.41, 5.74) is 2.76. The van der Waals surface area contributed by atoms with Crippen LogP contribution in [0.3, 0.4) is 0 Å². The summed E-state index contributed by atoms with van der Waals surface area (Å²) in [6.45, 7) is 10.2. The Morgan fingerprint density at radius 1 is 1.10 bits per heavy atom. The first-order valence-corrected chi connectivity index (χ1v) is 11.1. The van der Waals surface area contributed by atoms with Gasteiger partial charge in [0.2, 0.25) is 5.91 Å². The fourth-order valence-corrected chi connectivity index (χ4v) is 3.44. The zero-order chi connectivity index (χ0) is 23.1. The van der Waals surface area contributed by atoms with Crippen LogP contribution in [0.5, 0.6) is 5.75 Å². The summed E-state index contributed by atoms with van der Waals surface area (Å²) < 4.78 is 5.80. The molecule has 0 radical (unpaired) electrons. The fraction of sp³-hybridized carbons (Fsp3) is 0.417. The van der Waals surface area contributed by atoms with Crippen molar-refractivity contribution in [3.63, 3.8) is 0 Å². The maximum Gasteiger partial charge on any atom is 0.261 e. The number of ether oxygens (including phenoxy) is 1. The molecule has 0 aliphatic rings. The summed E-state index contributed by atoms with van der Waals surface area (Å²) >= 11 is 12.3. The van der Waals surface area contributed by atoms with Crippen molar-refractivity contribution >= 4 is 35.0 Å². The van der Waals surface area contributed by atoms with Crippen molar-refractivity contribution in [3.05, 3.63) is 63.1 Å². The Morgan fingerprint density at radius 2 is 1.81 bits per heavy atom. The van der Waals surface area contributed by atoms with Gasteiger partial charge in [-0.2, -0.15) is 0 Å². The molecule has 0 saturated heterocycles. The van der Waals surface area contributed by atoms with Gasteiger partial charge >= 0.3 is 0 Å². The molecule has 31 heavy (non-hydrogen) atoms. The average molecular weight is 465 g/mol. The smallest absolute Gasteiger partial charge is 0.261 e. The highest BCUT2D eigenvalue weighted by atomic mass is 35.5. The molecule has 5 nitrogen and oxygen atoms in total. The van der Waals surface area contributed by atoms with Crippen molar-refractivity contribution in [1.82, 2.24) is 10.2 Å². The highest BCUT2D eigenvalue weighted by molar-refractivity contribution is 6.35. The van der Waals surface area contributed by atoms with Crippen LogP contribution in [-0.2, 0) is 16.1 Å². The van der Waals surface area contributed by atoms with Crippen LogP contribution in [0, 0.1) is 19.8 Å². The van der Waals surface area contributed by atoms with E-state index in [1.807, 2.05) is 45.9 Å². The van der Waals surface area contributed by atoms with Crippen LogP contribution in [0.25, 0.3) is 0 Å². The molecule has 7 heteroatoms. The van der Waals surface area contributed by atoms with Gasteiger partial charge in [-0.1, -0.05) is 55.2 Å². The molecule has 0 saturated carbocycles. The van der Waals surface area contributed by atoms with E-state index in [1.165, 1.54) is 4.90 Å². The van der Waals surface area contributed by atoms with Crippen molar-refractivity contribution in [2.24, 2.45) is 5.92 Å². The number of carbonyl (C=O) groups is 2. The minimum atomic E-state index is -0.694. The second-order valence-corrected chi connectivity index (χ2v) is 8.90. The third-order valence-corrected chi connectivity index (χ3v) is 5.70. The Bertz CT molecular complexity index is 931. The van der Waals surface area contributed by atoms with E-state index in [1.54, 1.807) is 25.1 Å². The lowest BCUT2D eigenvalue weighted by molar-refractivity contribution is -0.142. The van der Waals surface area contributed by atoms with Crippen molar-refractivity contribution < 1.29 is 14.3 Å². The molecule has 1 N–H and O–H groups in total. The molecular weight excluding hydrogens is 435 g/mol. The Balaban J connectivity index is 2.21. The summed E-state index contributed by atoms with van der Waals surface area (Å²) in [4.78, 5) is 27.3. The van der Waals surface area contributed by atoms with E-state index >= 15 is 0 Å². The maximum atomic E-state index is 13.1. The first-order chi connectivity index (χ1) is 14.6. The van der Waals surface area contributed by atoms with Gasteiger partial charge in [-0.15, -0.1) is 0 Å². The van der Waals surface area contributed by atoms with Crippen molar-refractivity contribution in [2.45, 2.75) is 47.2 Å². The molecule has 2 rings (SSSR count). The number of halogens is 2. The number of aryl methyl sites for hydroxylation is 1. The van der Waals surface area contributed by atoms with Crippen molar-refractivity contribution in [1.29, 1.82) is 0 Å². The van der Waals surface area contributed by atoms with Crippen LogP contribution in [-0.4, -0.2) is 35.9 Å². The molecule has 0 aliphatic carbocycles. The van der Waals surface area contributed by atoms with E-state index in [4.69, 9.17) is 27.9 Å². The number of hydrogen-bond donors (Lipinski definition) is 1. The maximum absolute atomic E-state index is 13.1. The molecule has 0 spiro atoms. The highest BCUT2D eigenvalue weighted by Crippen LogP contribution is 2.24. The molecular formula is C24H30Cl2N2O3. The lowest BCUT2D eigenvalue weighted by Gasteiger charge is -2.29. The quantitative estimate of drug-likeness (QED) is 0.555. The number of hydrogen-bond acceptors (Lipinski definition) is 3. The summed E-state index contributed by atoms with van der Waals surface area (Å²) in [5, 5.41) is 3.84. The first-order valence-electron chi connectivity index (χ1n) is 10.3. The minimum absolute atomic E-state index is 0.168. The molecule has 0 unspecified atom stereocenters. The second-order valence-electron chi connectivity index (χ2n) is 8.06. The predicted octanol–water partition coefficient (Wildman–Crippen LogP) is 5.18. The van der Waals surface area contributed by atoms with Gasteiger partial charge < -0.3 is 15.0 Å². The minimum Gasteiger partial charge on any atom is -0.483 e. The van der Waals surface area contributed by atoms with Crippen molar-refractivity contribution in [2.75, 3.05) is 13.2 Å². The van der Waals surface area contributed by atoms with Gasteiger partial charge in [0.05, 0.1) is 0 Å². The van der Waals surface area contributed by atoms with Crippen LogP contribution < -0.4 is 10.1 Å². The van der Waals surface area contributed by atoms with Crippen LogP contribution in [0.1, 0.15) is 37.5 Å². The number of carbonyl (C=O) groups excluding carboxylic acids is 2. The summed E-state index contributed by atoms with van der Waals surface area (Å²) in [7, 11) is 0. The fourth-order valence-electron chi connectivity index (χ4n) is 2.97. The number of rotatable bonds is 9. The van der Waals surface area contributed by atoms with Crippen LogP contribution in [0.2, 0.25) is 10.0 Å². The standard InChI is InChI=1S/C24H30Cl2N2O3/c1-15(2)12-27-24(30)18(5)28(13-19-9-10-20(25)11-21(19)26)23(29)14-31-22-8-6-7-16(3)17(22)4/h6-11,15,18H,12-14H2,1-5H3,(H,27,30)/t18-/m0/s1. The van der Waals surface area contributed by atoms with E-state index < -0.39 is 6.04 Å².